The van der Waals surface area contributed by atoms with Crippen molar-refractivity contribution in [3.8, 4) is 11.3 Å². The lowest BCUT2D eigenvalue weighted by Crippen LogP contribution is -2.36. The number of H-pyrrole nitrogens is 1. The molecule has 0 radical (unpaired) electrons. The summed E-state index contributed by atoms with van der Waals surface area (Å²) in [5.41, 5.74) is 6.37. The van der Waals surface area contributed by atoms with Gasteiger partial charge in [-0.1, -0.05) is 32.0 Å². The van der Waals surface area contributed by atoms with Crippen molar-refractivity contribution >= 4 is 43.9 Å². The molecule has 1 aromatic carbocycles. The molecule has 0 unspecified atom stereocenters. The quantitative estimate of drug-likeness (QED) is 0.314. The first-order valence-corrected chi connectivity index (χ1v) is 12.8. The van der Waals surface area contributed by atoms with Gasteiger partial charge in [-0.05, 0) is 74.2 Å². The molecule has 5 nitrogen and oxygen atoms in total. The van der Waals surface area contributed by atoms with E-state index in [1.165, 1.54) is 26.2 Å². The molecule has 5 rings (SSSR count). The Balaban J connectivity index is 1.58. The number of aromatic nitrogens is 2. The van der Waals surface area contributed by atoms with Gasteiger partial charge < -0.3 is 4.98 Å². The molecule has 34 heavy (non-hydrogen) atoms. The zero-order valence-corrected chi connectivity index (χ0v) is 21.1. The minimum atomic E-state index is 0.250. The van der Waals surface area contributed by atoms with E-state index in [9.17, 15) is 4.79 Å². The lowest BCUT2D eigenvalue weighted by atomic mass is 9.90. The third-order valence-electron chi connectivity index (χ3n) is 7.08. The van der Waals surface area contributed by atoms with Gasteiger partial charge in [-0.2, -0.15) is 0 Å². The molecule has 4 heterocycles. The third kappa shape index (κ3) is 3.83. The summed E-state index contributed by atoms with van der Waals surface area (Å²) in [5, 5.41) is 2.38. The molecule has 3 aromatic heterocycles. The van der Waals surface area contributed by atoms with E-state index in [0.717, 1.165) is 48.1 Å². The first-order valence-electron chi connectivity index (χ1n) is 12.0. The molecule has 1 aliphatic rings. The van der Waals surface area contributed by atoms with E-state index in [1.54, 1.807) is 13.1 Å². The van der Waals surface area contributed by atoms with Crippen molar-refractivity contribution in [2.24, 2.45) is 0 Å². The fourth-order valence-corrected chi connectivity index (χ4v) is 6.96. The number of likely N-dealkylation sites (tertiary alicyclic amines) is 1. The van der Waals surface area contributed by atoms with E-state index in [2.05, 4.69) is 52.6 Å². The number of hydrogen-bond acceptors (Lipinski definition) is 4. The number of carbonyl (C=O) groups excluding carboxylic acids is 1. The molecular formula is C28H30N4OS. The van der Waals surface area contributed by atoms with Gasteiger partial charge in [0.15, 0.2) is 0 Å². The predicted octanol–water partition coefficient (Wildman–Crippen LogP) is 7.20. The second-order valence-corrected chi connectivity index (χ2v) is 10.8. The predicted molar refractivity (Wildman–Crippen MR) is 141 cm³/mol. The molecule has 0 amide bonds. The number of aromatic amines is 1. The second kappa shape index (κ2) is 8.98. The zero-order valence-electron chi connectivity index (χ0n) is 20.2. The highest BCUT2D eigenvalue weighted by molar-refractivity contribution is 7.19. The summed E-state index contributed by atoms with van der Waals surface area (Å²) in [6, 6.07) is 7.98. The Morgan fingerprint density at radius 2 is 2.06 bits per heavy atom. The molecule has 0 saturated carbocycles. The lowest BCUT2D eigenvalue weighted by Gasteiger charge is -2.31. The van der Waals surface area contributed by atoms with Crippen LogP contribution in [-0.2, 0) is 4.79 Å². The molecule has 6 heteroatoms. The van der Waals surface area contributed by atoms with Crippen molar-refractivity contribution in [3.63, 3.8) is 0 Å². The maximum absolute atomic E-state index is 11.5. The molecule has 0 bridgehead atoms. The highest BCUT2D eigenvalue weighted by Gasteiger charge is 2.28. The van der Waals surface area contributed by atoms with Crippen LogP contribution in [0.2, 0.25) is 0 Å². The number of piperidine rings is 1. The zero-order chi connectivity index (χ0) is 24.0. The average molecular weight is 471 g/mol. The van der Waals surface area contributed by atoms with Gasteiger partial charge in [0, 0.05) is 22.0 Å². The summed E-state index contributed by atoms with van der Waals surface area (Å²) in [6.07, 6.45) is 3.97. The number of thiophene rings is 1. The normalized spacial score (nSPS) is 15.4. The van der Waals surface area contributed by atoms with E-state index in [0.29, 0.717) is 24.1 Å². The molecule has 0 aliphatic carbocycles. The number of nitrogens with zero attached hydrogens (tertiary/aromatic N) is 3. The van der Waals surface area contributed by atoms with Crippen molar-refractivity contribution < 1.29 is 4.79 Å². The van der Waals surface area contributed by atoms with E-state index in [4.69, 9.17) is 6.57 Å². The topological polar surface area (TPSA) is 53.4 Å². The number of pyridine rings is 1. The second-order valence-electron chi connectivity index (χ2n) is 9.76. The van der Waals surface area contributed by atoms with Gasteiger partial charge in [-0.3, -0.25) is 14.7 Å². The Kier molecular flexibility index (Phi) is 6.01. The van der Waals surface area contributed by atoms with Crippen LogP contribution in [0.5, 0.6) is 0 Å². The van der Waals surface area contributed by atoms with Gasteiger partial charge in [0.1, 0.15) is 10.6 Å². The molecule has 0 atom stereocenters. The van der Waals surface area contributed by atoms with Crippen LogP contribution < -0.4 is 0 Å². The molecular weight excluding hydrogens is 440 g/mol. The van der Waals surface area contributed by atoms with Gasteiger partial charge in [0.2, 0.25) is 5.69 Å². The van der Waals surface area contributed by atoms with Crippen molar-refractivity contribution in [1.82, 2.24) is 14.9 Å². The maximum atomic E-state index is 11.5. The Labute approximate surface area is 204 Å². The van der Waals surface area contributed by atoms with E-state index >= 15 is 0 Å². The molecule has 0 spiro atoms. The van der Waals surface area contributed by atoms with E-state index < -0.39 is 0 Å². The summed E-state index contributed by atoms with van der Waals surface area (Å²) >= 11 is 1.90. The van der Waals surface area contributed by atoms with Crippen LogP contribution >= 0.6 is 11.3 Å². The van der Waals surface area contributed by atoms with Gasteiger partial charge in [0.05, 0.1) is 24.3 Å². The smallest absolute Gasteiger partial charge is 0.212 e. The SMILES string of the molecule is [C-]#[N+]c1ccc(-c2[nH]c3sc(C4CCN(CC(C)=O)CC4)c(C)c3c2C(C)C)c2cccnc12. The Morgan fingerprint density at radius 3 is 2.74 bits per heavy atom. The first kappa shape index (κ1) is 22.8. The number of fused-ring (bicyclic) bond motifs is 2. The fourth-order valence-electron chi connectivity index (χ4n) is 5.56. The number of nitrogens with one attached hydrogen (secondary N) is 1. The number of Topliss-reactive ketones (excluding diaryl/α,β-unsaturated/α-hetero) is 1. The number of carbonyl (C=O) groups is 1. The third-order valence-corrected chi connectivity index (χ3v) is 8.45. The monoisotopic (exact) mass is 470 g/mol. The highest BCUT2D eigenvalue weighted by Crippen LogP contribution is 2.47. The van der Waals surface area contributed by atoms with Gasteiger partial charge in [-0.15, -0.1) is 11.3 Å². The lowest BCUT2D eigenvalue weighted by molar-refractivity contribution is -0.118. The molecule has 174 valence electrons. The van der Waals surface area contributed by atoms with Crippen LogP contribution in [-0.4, -0.2) is 40.3 Å². The number of ketones is 1. The standard InChI is InChI=1S/C28H30N4OS/c1-16(2)23-24-18(4)27(19-10-13-32(14-11-19)15-17(3)33)34-28(24)31-26(23)21-8-9-22(29-5)25-20(21)7-6-12-30-25/h6-9,12,16,19,31H,10-11,13-15H2,1-4H3. The summed E-state index contributed by atoms with van der Waals surface area (Å²) in [5.74, 6) is 1.16. The summed E-state index contributed by atoms with van der Waals surface area (Å²) in [6.45, 7) is 18.6. The van der Waals surface area contributed by atoms with Crippen LogP contribution in [0.1, 0.15) is 61.5 Å². The molecule has 1 N–H and O–H groups in total. The number of hydrogen-bond donors (Lipinski definition) is 1. The number of aryl methyl sites for hydroxylation is 1. The van der Waals surface area contributed by atoms with Crippen LogP contribution in [0.15, 0.2) is 30.5 Å². The van der Waals surface area contributed by atoms with Crippen molar-refractivity contribution in [2.45, 2.75) is 52.4 Å². The van der Waals surface area contributed by atoms with Crippen LogP contribution in [0.4, 0.5) is 5.69 Å². The maximum Gasteiger partial charge on any atom is 0.212 e. The molecule has 4 aromatic rings. The van der Waals surface area contributed by atoms with Crippen LogP contribution in [0, 0.1) is 13.5 Å². The van der Waals surface area contributed by atoms with Gasteiger partial charge in [0.25, 0.3) is 0 Å². The molecule has 1 aliphatic heterocycles. The Bertz CT molecular complexity index is 1430. The Morgan fingerprint density at radius 1 is 1.29 bits per heavy atom. The summed E-state index contributed by atoms with van der Waals surface area (Å²) in [7, 11) is 0. The Hall–Kier alpha value is -3.01. The largest absolute Gasteiger partial charge is 0.346 e. The van der Waals surface area contributed by atoms with E-state index in [-0.39, 0.29) is 5.78 Å². The fraction of sp³-hybridized carbons (Fsp3) is 0.393. The minimum absolute atomic E-state index is 0.250. The van der Waals surface area contributed by atoms with E-state index in [1.807, 2.05) is 23.5 Å². The number of benzene rings is 1. The number of rotatable bonds is 5. The molecule has 1 saturated heterocycles. The highest BCUT2D eigenvalue weighted by atomic mass is 32.1. The van der Waals surface area contributed by atoms with Crippen LogP contribution in [0.25, 0.3) is 37.2 Å². The van der Waals surface area contributed by atoms with Gasteiger partial charge >= 0.3 is 0 Å². The van der Waals surface area contributed by atoms with Crippen molar-refractivity contribution in [3.05, 3.63) is 57.9 Å². The van der Waals surface area contributed by atoms with Crippen molar-refractivity contribution in [1.29, 1.82) is 0 Å². The minimum Gasteiger partial charge on any atom is -0.346 e. The van der Waals surface area contributed by atoms with Gasteiger partial charge in [-0.25, -0.2) is 4.85 Å². The van der Waals surface area contributed by atoms with Crippen LogP contribution in [0.3, 0.4) is 0 Å². The first-order chi connectivity index (χ1) is 16.4. The summed E-state index contributed by atoms with van der Waals surface area (Å²) < 4.78 is 0. The average Bonchev–Trinajstić information content (AvgIpc) is 3.35. The summed E-state index contributed by atoms with van der Waals surface area (Å²) in [4.78, 5) is 28.5. The molecule has 1 fully saturated rings. The van der Waals surface area contributed by atoms with Crippen molar-refractivity contribution in [2.75, 3.05) is 19.6 Å².